The molecule has 40 heavy (non-hydrogen) atoms. The van der Waals surface area contributed by atoms with Crippen LogP contribution in [-0.2, 0) is 20.2 Å². The van der Waals surface area contributed by atoms with Gasteiger partial charge in [-0.15, -0.1) is 0 Å². The van der Waals surface area contributed by atoms with Gasteiger partial charge in [0.05, 0.1) is 0 Å². The van der Waals surface area contributed by atoms with Crippen LogP contribution >= 0.6 is 0 Å². The van der Waals surface area contributed by atoms with Crippen molar-refractivity contribution in [3.8, 4) is 11.5 Å². The van der Waals surface area contributed by atoms with Gasteiger partial charge in [-0.05, 0) is 111 Å². The molecule has 0 spiro atoms. The maximum absolute atomic E-state index is 12.7. The van der Waals surface area contributed by atoms with Crippen LogP contribution in [0.15, 0.2) is 94.7 Å². The molecule has 0 aliphatic carbocycles. The normalized spacial score (nSPS) is 11.5. The molecule has 0 aliphatic heterocycles. The maximum atomic E-state index is 12.7. The van der Waals surface area contributed by atoms with Crippen molar-refractivity contribution in [1.82, 2.24) is 0 Å². The molecule has 4 aromatic rings. The van der Waals surface area contributed by atoms with E-state index >= 15 is 0 Å². The van der Waals surface area contributed by atoms with Crippen LogP contribution in [-0.4, -0.2) is 22.9 Å². The number of nitrogens with one attached hydrogen (secondary N) is 2. The third kappa shape index (κ3) is 6.61. The molecule has 9 nitrogen and oxygen atoms in total. The van der Waals surface area contributed by atoms with Crippen molar-refractivity contribution in [3.63, 3.8) is 0 Å². The fourth-order valence-corrected chi connectivity index (χ4v) is 6.29. The van der Waals surface area contributed by atoms with E-state index in [-0.39, 0.29) is 21.3 Å². The third-order valence-corrected chi connectivity index (χ3v) is 9.07. The first-order chi connectivity index (χ1) is 18.9. The minimum absolute atomic E-state index is 0.0911. The molecule has 4 rings (SSSR count). The zero-order chi connectivity index (χ0) is 29.1. The lowest BCUT2D eigenvalue weighted by molar-refractivity contribution is 0.262. The molecule has 0 unspecified atom stereocenters. The van der Waals surface area contributed by atoms with Gasteiger partial charge >= 0.3 is 26.3 Å². The van der Waals surface area contributed by atoms with Gasteiger partial charge in [-0.1, -0.05) is 24.3 Å². The number of carbonyl (C=O) groups excluding carboxylic acids is 1. The quantitative estimate of drug-likeness (QED) is 0.241. The van der Waals surface area contributed by atoms with Crippen LogP contribution in [0.5, 0.6) is 11.5 Å². The van der Waals surface area contributed by atoms with Crippen LogP contribution in [0.3, 0.4) is 0 Å². The molecule has 0 saturated carbocycles. The summed E-state index contributed by atoms with van der Waals surface area (Å²) < 4.78 is 61.3. The number of rotatable bonds is 8. The molecule has 11 heteroatoms. The van der Waals surface area contributed by atoms with Gasteiger partial charge in [0.2, 0.25) is 0 Å². The van der Waals surface area contributed by atoms with E-state index in [0.717, 1.165) is 11.1 Å². The van der Waals surface area contributed by atoms with E-state index in [1.54, 1.807) is 26.0 Å². The summed E-state index contributed by atoms with van der Waals surface area (Å²) in [5.74, 6) is 0.191. The summed E-state index contributed by atoms with van der Waals surface area (Å²) in [7, 11) is -8.05. The van der Waals surface area contributed by atoms with Crippen LogP contribution in [0.1, 0.15) is 22.3 Å². The average molecular weight is 581 g/mol. The van der Waals surface area contributed by atoms with Crippen LogP contribution in [0.4, 0.5) is 16.2 Å². The van der Waals surface area contributed by atoms with Gasteiger partial charge in [0.25, 0.3) is 0 Å². The Morgan fingerprint density at radius 1 is 0.550 bits per heavy atom. The lowest BCUT2D eigenvalue weighted by Crippen LogP contribution is -2.19. The van der Waals surface area contributed by atoms with Crippen molar-refractivity contribution in [2.75, 3.05) is 10.6 Å². The van der Waals surface area contributed by atoms with E-state index in [4.69, 9.17) is 8.37 Å². The number of hydrogen-bond acceptors (Lipinski definition) is 7. The van der Waals surface area contributed by atoms with E-state index in [2.05, 4.69) is 10.6 Å². The molecule has 0 radical (unpaired) electrons. The smallest absolute Gasteiger partial charge is 0.339 e. The van der Waals surface area contributed by atoms with Gasteiger partial charge in [0.1, 0.15) is 21.3 Å². The monoisotopic (exact) mass is 580 g/mol. The zero-order valence-corrected chi connectivity index (χ0v) is 23.9. The number of hydrogen-bond donors (Lipinski definition) is 2. The second-order valence-electron chi connectivity index (χ2n) is 9.10. The third-order valence-electron chi connectivity index (χ3n) is 6.28. The first-order valence-corrected chi connectivity index (χ1v) is 15.0. The Morgan fingerprint density at radius 3 is 1.25 bits per heavy atom. The Morgan fingerprint density at radius 2 is 0.900 bits per heavy atom. The van der Waals surface area contributed by atoms with Gasteiger partial charge in [0.15, 0.2) is 0 Å². The molecule has 0 fully saturated rings. The molecule has 0 heterocycles. The highest BCUT2D eigenvalue weighted by Crippen LogP contribution is 2.26. The predicted octanol–water partition coefficient (Wildman–Crippen LogP) is 6.10. The van der Waals surface area contributed by atoms with Gasteiger partial charge in [-0.2, -0.15) is 16.8 Å². The zero-order valence-electron chi connectivity index (χ0n) is 22.3. The number of carbonyl (C=O) groups is 1. The summed E-state index contributed by atoms with van der Waals surface area (Å²) >= 11 is 0. The number of amides is 2. The van der Waals surface area contributed by atoms with E-state index in [1.807, 2.05) is 26.0 Å². The van der Waals surface area contributed by atoms with Gasteiger partial charge in [0, 0.05) is 11.4 Å². The number of aryl methyl sites for hydroxylation is 2. The van der Waals surface area contributed by atoms with Crippen molar-refractivity contribution in [1.29, 1.82) is 0 Å². The van der Waals surface area contributed by atoms with Crippen molar-refractivity contribution >= 4 is 37.6 Å². The molecule has 208 valence electrons. The molecule has 0 aliphatic rings. The van der Waals surface area contributed by atoms with Crippen molar-refractivity contribution < 1.29 is 30.0 Å². The Labute approximate surface area is 234 Å². The second-order valence-corrected chi connectivity index (χ2v) is 12.1. The maximum Gasteiger partial charge on any atom is 0.339 e. The molecule has 4 aromatic carbocycles. The fourth-order valence-electron chi connectivity index (χ4n) is 3.81. The highest BCUT2D eigenvalue weighted by molar-refractivity contribution is 7.87. The van der Waals surface area contributed by atoms with Crippen LogP contribution in [0, 0.1) is 27.7 Å². The standard InChI is InChI=1S/C29H28N2O7S2/c1-19-7-5-9-27(21(19)3)39(33,34)37-25-15-11-23(12-16-25)30-29(32)31-24-13-17-26(18-14-24)38-40(35,36)28-10-6-8-20(2)22(28)4/h5-18H,1-4H3,(H2,30,31,32). The Bertz CT molecular complexity index is 1640. The van der Waals surface area contributed by atoms with Crippen molar-refractivity contribution in [2.24, 2.45) is 0 Å². The van der Waals surface area contributed by atoms with Crippen LogP contribution < -0.4 is 19.0 Å². The Hall–Kier alpha value is -4.35. The Kier molecular flexibility index (Phi) is 8.17. The topological polar surface area (TPSA) is 128 Å². The SMILES string of the molecule is Cc1cccc(S(=O)(=O)Oc2ccc(NC(=O)Nc3ccc(OS(=O)(=O)c4cccc(C)c4C)cc3)cc2)c1C. The fraction of sp³-hybridized carbons (Fsp3) is 0.138. The highest BCUT2D eigenvalue weighted by Gasteiger charge is 2.21. The molecule has 0 atom stereocenters. The molecule has 2 amide bonds. The lowest BCUT2D eigenvalue weighted by atomic mass is 10.1. The molecule has 0 saturated heterocycles. The summed E-state index contributed by atoms with van der Waals surface area (Å²) in [5, 5.41) is 5.26. The van der Waals surface area contributed by atoms with Crippen molar-refractivity contribution in [3.05, 3.63) is 107 Å². The molecular weight excluding hydrogens is 552 g/mol. The number of anilines is 2. The minimum Gasteiger partial charge on any atom is -0.379 e. The second kappa shape index (κ2) is 11.4. The molecular formula is C29H28N2O7S2. The average Bonchev–Trinajstić information content (AvgIpc) is 2.89. The molecule has 0 bridgehead atoms. The number of urea groups is 1. The van der Waals surface area contributed by atoms with Gasteiger partial charge in [-0.3, -0.25) is 0 Å². The summed E-state index contributed by atoms with van der Waals surface area (Å²) in [6.07, 6.45) is 0. The summed E-state index contributed by atoms with van der Waals surface area (Å²) in [5.41, 5.74) is 3.68. The minimum atomic E-state index is -4.03. The van der Waals surface area contributed by atoms with E-state index in [9.17, 15) is 21.6 Å². The van der Waals surface area contributed by atoms with E-state index in [0.29, 0.717) is 22.5 Å². The largest absolute Gasteiger partial charge is 0.379 e. The van der Waals surface area contributed by atoms with Crippen molar-refractivity contribution in [2.45, 2.75) is 37.5 Å². The van der Waals surface area contributed by atoms with Crippen LogP contribution in [0.25, 0.3) is 0 Å². The lowest BCUT2D eigenvalue weighted by Gasteiger charge is -2.12. The first-order valence-electron chi connectivity index (χ1n) is 12.2. The molecule has 0 aromatic heterocycles. The van der Waals surface area contributed by atoms with Gasteiger partial charge < -0.3 is 19.0 Å². The predicted molar refractivity (Wildman–Crippen MR) is 153 cm³/mol. The summed E-state index contributed by atoms with van der Waals surface area (Å²) in [6, 6.07) is 21.1. The highest BCUT2D eigenvalue weighted by atomic mass is 32.2. The number of benzene rings is 4. The molecule has 2 N–H and O–H groups in total. The van der Waals surface area contributed by atoms with E-state index < -0.39 is 26.3 Å². The Balaban J connectivity index is 1.35. The summed E-state index contributed by atoms with van der Waals surface area (Å²) in [6.45, 7) is 7.07. The first kappa shape index (κ1) is 28.7. The summed E-state index contributed by atoms with van der Waals surface area (Å²) in [4.78, 5) is 12.6. The van der Waals surface area contributed by atoms with Gasteiger partial charge in [-0.25, -0.2) is 4.79 Å². The van der Waals surface area contributed by atoms with E-state index in [1.165, 1.54) is 60.7 Å². The van der Waals surface area contributed by atoms with Crippen LogP contribution in [0.2, 0.25) is 0 Å².